The first-order valence-electron chi connectivity index (χ1n) is 4.96. The summed E-state index contributed by atoms with van der Waals surface area (Å²) in [5, 5.41) is 4.52. The Morgan fingerprint density at radius 3 is 2.65 bits per heavy atom. The van der Waals surface area contributed by atoms with Crippen LogP contribution in [0.5, 0.6) is 0 Å². The maximum Gasteiger partial charge on any atom is 0.258 e. The highest BCUT2D eigenvalue weighted by molar-refractivity contribution is 14.1. The highest BCUT2D eigenvalue weighted by atomic mass is 127. The smallest absolute Gasteiger partial charge is 0.258 e. The van der Waals surface area contributed by atoms with E-state index in [1.807, 2.05) is 26.0 Å². The van der Waals surface area contributed by atoms with E-state index in [0.29, 0.717) is 16.7 Å². The Hall–Kier alpha value is -0.660. The zero-order valence-electron chi connectivity index (χ0n) is 9.37. The highest BCUT2D eigenvalue weighted by Crippen LogP contribution is 2.26. The van der Waals surface area contributed by atoms with Crippen LogP contribution in [0.4, 0.5) is 0 Å². The van der Waals surface area contributed by atoms with Crippen molar-refractivity contribution in [3.63, 3.8) is 0 Å². The molecule has 0 fully saturated rings. The second-order valence-electron chi connectivity index (χ2n) is 4.27. The minimum atomic E-state index is -0.616. The van der Waals surface area contributed by atoms with E-state index in [1.54, 1.807) is 6.07 Å². The normalized spacial score (nSPS) is 11.8. The van der Waals surface area contributed by atoms with E-state index in [9.17, 15) is 0 Å². The molecular weight excluding hydrogens is 352 g/mol. The largest absolute Gasteiger partial charge is 0.334 e. The number of rotatable bonds is 2. The molecule has 0 amide bonds. The quantitative estimate of drug-likeness (QED) is 0.832. The Balaban J connectivity index is 2.40. The van der Waals surface area contributed by atoms with Crippen molar-refractivity contribution in [3.05, 3.63) is 32.6 Å². The lowest BCUT2D eigenvalue weighted by Gasteiger charge is -2.11. The lowest BCUT2D eigenvalue weighted by Crippen LogP contribution is -2.30. The SMILES string of the molecule is CC(C)(N)c1noc(-c2ccc(I)c(Cl)c2)n1. The van der Waals surface area contributed by atoms with Crippen LogP contribution in [0.2, 0.25) is 5.02 Å². The van der Waals surface area contributed by atoms with Gasteiger partial charge in [-0.1, -0.05) is 16.8 Å². The topological polar surface area (TPSA) is 64.9 Å². The number of nitrogens with zero attached hydrogens (tertiary/aromatic N) is 2. The fourth-order valence-corrected chi connectivity index (χ4v) is 1.75. The summed E-state index contributed by atoms with van der Waals surface area (Å²) in [4.78, 5) is 4.26. The molecule has 1 aromatic heterocycles. The molecule has 90 valence electrons. The van der Waals surface area contributed by atoms with E-state index in [1.165, 1.54) is 0 Å². The average molecular weight is 364 g/mol. The van der Waals surface area contributed by atoms with Crippen LogP contribution in [-0.4, -0.2) is 10.1 Å². The summed E-state index contributed by atoms with van der Waals surface area (Å²) >= 11 is 8.20. The fraction of sp³-hybridized carbons (Fsp3) is 0.273. The molecule has 17 heavy (non-hydrogen) atoms. The molecule has 2 aromatic rings. The first-order chi connectivity index (χ1) is 7.88. The molecule has 2 rings (SSSR count). The number of aromatic nitrogens is 2. The summed E-state index contributed by atoms with van der Waals surface area (Å²) in [6, 6.07) is 5.58. The van der Waals surface area contributed by atoms with Crippen molar-refractivity contribution >= 4 is 34.2 Å². The van der Waals surface area contributed by atoms with Crippen LogP contribution in [0.15, 0.2) is 22.7 Å². The number of benzene rings is 1. The molecule has 1 aromatic carbocycles. The summed E-state index contributed by atoms with van der Waals surface area (Å²) in [6.07, 6.45) is 0. The molecule has 1 heterocycles. The minimum Gasteiger partial charge on any atom is -0.334 e. The van der Waals surface area contributed by atoms with E-state index >= 15 is 0 Å². The Labute approximate surface area is 118 Å². The average Bonchev–Trinajstić information content (AvgIpc) is 2.70. The molecule has 4 nitrogen and oxygen atoms in total. The van der Waals surface area contributed by atoms with E-state index in [2.05, 4.69) is 32.7 Å². The molecule has 6 heteroatoms. The van der Waals surface area contributed by atoms with Gasteiger partial charge in [0.05, 0.1) is 10.6 Å². The monoisotopic (exact) mass is 363 g/mol. The molecule has 2 N–H and O–H groups in total. The van der Waals surface area contributed by atoms with Crippen LogP contribution in [0, 0.1) is 3.57 Å². The Bertz CT molecular complexity index is 548. The van der Waals surface area contributed by atoms with Gasteiger partial charge in [0.25, 0.3) is 5.89 Å². The molecule has 0 aliphatic heterocycles. The van der Waals surface area contributed by atoms with Crippen molar-refractivity contribution in [3.8, 4) is 11.5 Å². The highest BCUT2D eigenvalue weighted by Gasteiger charge is 2.22. The van der Waals surface area contributed by atoms with Crippen molar-refractivity contribution in [2.45, 2.75) is 19.4 Å². The first kappa shape index (κ1) is 12.8. The van der Waals surface area contributed by atoms with E-state index < -0.39 is 5.54 Å². The second kappa shape index (κ2) is 4.55. The lowest BCUT2D eigenvalue weighted by atomic mass is 10.1. The Morgan fingerprint density at radius 2 is 2.12 bits per heavy atom. The second-order valence-corrected chi connectivity index (χ2v) is 5.84. The predicted octanol–water partition coefficient (Wildman–Crippen LogP) is 3.19. The predicted molar refractivity (Wildman–Crippen MR) is 74.7 cm³/mol. The van der Waals surface area contributed by atoms with E-state index in [0.717, 1.165) is 9.13 Å². The molecular formula is C11H11ClIN3O. The standard InChI is InChI=1S/C11H11ClIN3O/c1-11(2,14)10-15-9(17-16-10)6-3-4-8(13)7(12)5-6/h3-5H,14H2,1-2H3. The van der Waals surface area contributed by atoms with Crippen molar-refractivity contribution in [1.82, 2.24) is 10.1 Å². The van der Waals surface area contributed by atoms with Gasteiger partial charge in [0.2, 0.25) is 0 Å². The third-order valence-electron chi connectivity index (χ3n) is 2.17. The van der Waals surface area contributed by atoms with E-state index in [4.69, 9.17) is 21.9 Å². The maximum absolute atomic E-state index is 6.04. The lowest BCUT2D eigenvalue weighted by molar-refractivity contribution is 0.397. The van der Waals surface area contributed by atoms with Crippen molar-refractivity contribution in [2.75, 3.05) is 0 Å². The van der Waals surface area contributed by atoms with Gasteiger partial charge in [0.1, 0.15) is 0 Å². The number of halogens is 2. The van der Waals surface area contributed by atoms with Crippen LogP contribution < -0.4 is 5.73 Å². The minimum absolute atomic E-state index is 0.428. The third kappa shape index (κ3) is 2.78. The van der Waals surface area contributed by atoms with Gasteiger partial charge >= 0.3 is 0 Å². The van der Waals surface area contributed by atoms with Crippen LogP contribution in [-0.2, 0) is 5.54 Å². The van der Waals surface area contributed by atoms with Gasteiger partial charge in [0.15, 0.2) is 5.82 Å². The number of hydrogen-bond acceptors (Lipinski definition) is 4. The molecule has 0 aliphatic rings. The molecule has 0 aliphatic carbocycles. The van der Waals surface area contributed by atoms with Crippen LogP contribution in [0.25, 0.3) is 11.5 Å². The van der Waals surface area contributed by atoms with Gasteiger partial charge in [-0.3, -0.25) is 0 Å². The van der Waals surface area contributed by atoms with Gasteiger partial charge in [-0.05, 0) is 54.6 Å². The molecule has 0 unspecified atom stereocenters. The van der Waals surface area contributed by atoms with Gasteiger partial charge in [0, 0.05) is 9.13 Å². The summed E-state index contributed by atoms with van der Waals surface area (Å²) in [6.45, 7) is 3.64. The molecule has 0 atom stereocenters. The van der Waals surface area contributed by atoms with Crippen LogP contribution in [0.3, 0.4) is 0 Å². The van der Waals surface area contributed by atoms with Gasteiger partial charge in [-0.25, -0.2) is 0 Å². The Kier molecular flexibility index (Phi) is 3.42. The fourth-order valence-electron chi connectivity index (χ4n) is 1.23. The van der Waals surface area contributed by atoms with Crippen molar-refractivity contribution in [1.29, 1.82) is 0 Å². The molecule has 0 radical (unpaired) electrons. The maximum atomic E-state index is 6.04. The molecule has 0 bridgehead atoms. The van der Waals surface area contributed by atoms with Crippen molar-refractivity contribution in [2.24, 2.45) is 5.73 Å². The van der Waals surface area contributed by atoms with Gasteiger partial charge < -0.3 is 10.3 Å². The first-order valence-corrected chi connectivity index (χ1v) is 6.42. The molecule has 0 spiro atoms. The zero-order chi connectivity index (χ0) is 12.6. The van der Waals surface area contributed by atoms with Crippen LogP contribution in [0.1, 0.15) is 19.7 Å². The summed E-state index contributed by atoms with van der Waals surface area (Å²) in [7, 11) is 0. The van der Waals surface area contributed by atoms with E-state index in [-0.39, 0.29) is 0 Å². The molecule has 0 saturated carbocycles. The number of hydrogen-bond donors (Lipinski definition) is 1. The zero-order valence-corrected chi connectivity index (χ0v) is 12.3. The summed E-state index contributed by atoms with van der Waals surface area (Å²) in [5.74, 6) is 0.902. The summed E-state index contributed by atoms with van der Waals surface area (Å²) < 4.78 is 6.15. The van der Waals surface area contributed by atoms with Gasteiger partial charge in [-0.15, -0.1) is 0 Å². The van der Waals surface area contributed by atoms with Crippen molar-refractivity contribution < 1.29 is 4.52 Å². The summed E-state index contributed by atoms with van der Waals surface area (Å²) in [5.41, 5.74) is 6.06. The number of nitrogens with two attached hydrogens (primary N) is 1. The van der Waals surface area contributed by atoms with Gasteiger partial charge in [-0.2, -0.15) is 4.98 Å². The molecule has 0 saturated heterocycles. The third-order valence-corrected chi connectivity index (χ3v) is 3.74. The Morgan fingerprint density at radius 1 is 1.41 bits per heavy atom. The van der Waals surface area contributed by atoms with Crippen LogP contribution >= 0.6 is 34.2 Å².